The van der Waals surface area contributed by atoms with Gasteiger partial charge in [-0.15, -0.1) is 0 Å². The van der Waals surface area contributed by atoms with E-state index in [9.17, 15) is 8.42 Å². The molecule has 5 heteroatoms. The second kappa shape index (κ2) is 5.01. The molecular weight excluding hydrogens is 260 g/mol. The molecule has 2 aromatic rings. The number of nitrogens with zero attached hydrogens (tertiary/aromatic N) is 1. The molecule has 2 N–H and O–H groups in total. The molecule has 0 unspecified atom stereocenters. The molecule has 0 aliphatic rings. The van der Waals surface area contributed by atoms with Crippen LogP contribution in [0, 0.1) is 13.8 Å². The third-order valence-corrected chi connectivity index (χ3v) is 4.75. The van der Waals surface area contributed by atoms with Gasteiger partial charge >= 0.3 is 0 Å². The summed E-state index contributed by atoms with van der Waals surface area (Å²) in [6.07, 6.45) is 1.61. The number of pyridine rings is 1. The Bertz CT molecular complexity index is 695. The van der Waals surface area contributed by atoms with Crippen LogP contribution in [0.1, 0.15) is 16.8 Å². The van der Waals surface area contributed by atoms with Crippen LogP contribution in [0.3, 0.4) is 0 Å². The van der Waals surface area contributed by atoms with Crippen molar-refractivity contribution in [2.24, 2.45) is 0 Å². The summed E-state index contributed by atoms with van der Waals surface area (Å²) in [7, 11) is -3.38. The smallest absolute Gasteiger partial charge is 0.184 e. The van der Waals surface area contributed by atoms with Gasteiger partial charge in [-0.2, -0.15) is 0 Å². The molecule has 0 fully saturated rings. The van der Waals surface area contributed by atoms with Crippen LogP contribution in [0.5, 0.6) is 0 Å². The van der Waals surface area contributed by atoms with Crippen LogP contribution in [0.15, 0.2) is 41.4 Å². The molecule has 0 saturated heterocycles. The number of hydrogen-bond acceptors (Lipinski definition) is 4. The SMILES string of the molecule is Cc1cnc(CS(=O)(=O)c2ccccc2)c(C)c1N. The number of aryl methyl sites for hydroxylation is 1. The number of benzene rings is 1. The van der Waals surface area contributed by atoms with Crippen molar-refractivity contribution in [3.05, 3.63) is 53.3 Å². The summed E-state index contributed by atoms with van der Waals surface area (Å²) >= 11 is 0. The van der Waals surface area contributed by atoms with Gasteiger partial charge < -0.3 is 5.73 Å². The van der Waals surface area contributed by atoms with Gasteiger partial charge in [0.1, 0.15) is 0 Å². The number of sulfone groups is 1. The van der Waals surface area contributed by atoms with Crippen molar-refractivity contribution in [1.29, 1.82) is 0 Å². The standard InChI is InChI=1S/C14H16N2O2S/c1-10-8-16-13(11(2)14(10)15)9-19(17,18)12-6-4-3-5-7-12/h3-8H,9H2,1-2H3,(H2,15,16). The summed E-state index contributed by atoms with van der Waals surface area (Å²) in [5, 5.41) is 0. The molecular formula is C14H16N2O2S. The summed E-state index contributed by atoms with van der Waals surface area (Å²) in [5.41, 5.74) is 8.61. The van der Waals surface area contributed by atoms with Crippen LogP contribution in [0.2, 0.25) is 0 Å². The van der Waals surface area contributed by atoms with E-state index in [1.54, 1.807) is 43.5 Å². The highest BCUT2D eigenvalue weighted by atomic mass is 32.2. The number of nitrogens with two attached hydrogens (primary N) is 1. The molecule has 2 rings (SSSR count). The van der Waals surface area contributed by atoms with Crippen LogP contribution in [0.4, 0.5) is 5.69 Å². The van der Waals surface area contributed by atoms with Crippen molar-refractivity contribution >= 4 is 15.5 Å². The van der Waals surface area contributed by atoms with Crippen LogP contribution in [-0.2, 0) is 15.6 Å². The van der Waals surface area contributed by atoms with Crippen LogP contribution in [0.25, 0.3) is 0 Å². The normalized spacial score (nSPS) is 11.5. The molecule has 19 heavy (non-hydrogen) atoms. The molecule has 1 heterocycles. The highest BCUT2D eigenvalue weighted by molar-refractivity contribution is 7.90. The molecule has 0 aliphatic carbocycles. The molecule has 0 amide bonds. The predicted molar refractivity (Wildman–Crippen MR) is 75.5 cm³/mol. The largest absolute Gasteiger partial charge is 0.398 e. The van der Waals surface area contributed by atoms with E-state index in [1.165, 1.54) is 0 Å². The molecule has 0 aliphatic heterocycles. The van der Waals surface area contributed by atoms with Gasteiger partial charge in [0.05, 0.1) is 16.3 Å². The second-order valence-corrected chi connectivity index (χ2v) is 6.49. The first-order valence-electron chi connectivity index (χ1n) is 5.90. The van der Waals surface area contributed by atoms with E-state index in [0.717, 1.165) is 11.1 Å². The predicted octanol–water partition coefficient (Wildman–Crippen LogP) is 2.25. The third kappa shape index (κ3) is 2.76. The first kappa shape index (κ1) is 13.5. The van der Waals surface area contributed by atoms with E-state index in [2.05, 4.69) is 4.98 Å². The van der Waals surface area contributed by atoms with Crippen LogP contribution >= 0.6 is 0 Å². The lowest BCUT2D eigenvalue weighted by Gasteiger charge is -2.10. The van der Waals surface area contributed by atoms with Crippen molar-refractivity contribution in [2.75, 3.05) is 5.73 Å². The lowest BCUT2D eigenvalue weighted by molar-refractivity contribution is 0.594. The topological polar surface area (TPSA) is 73.0 Å². The number of aromatic nitrogens is 1. The van der Waals surface area contributed by atoms with Gasteiger partial charge in [0, 0.05) is 11.9 Å². The number of anilines is 1. The van der Waals surface area contributed by atoms with Crippen LogP contribution < -0.4 is 5.73 Å². The molecule has 1 aromatic heterocycles. The number of hydrogen-bond donors (Lipinski definition) is 1. The van der Waals surface area contributed by atoms with Gasteiger partial charge in [-0.1, -0.05) is 18.2 Å². The fraction of sp³-hybridized carbons (Fsp3) is 0.214. The lowest BCUT2D eigenvalue weighted by Crippen LogP contribution is -2.09. The minimum absolute atomic E-state index is 0.132. The van der Waals surface area contributed by atoms with Gasteiger partial charge in [0.15, 0.2) is 9.84 Å². The zero-order valence-corrected chi connectivity index (χ0v) is 11.7. The summed E-state index contributed by atoms with van der Waals surface area (Å²) in [5.74, 6) is -0.132. The van der Waals surface area contributed by atoms with Crippen molar-refractivity contribution in [3.63, 3.8) is 0 Å². The Kier molecular flexibility index (Phi) is 3.57. The summed E-state index contributed by atoms with van der Waals surface area (Å²) < 4.78 is 24.5. The van der Waals surface area contributed by atoms with Gasteiger partial charge in [-0.05, 0) is 37.1 Å². The van der Waals surface area contributed by atoms with Gasteiger partial charge in [-0.25, -0.2) is 8.42 Å². The molecule has 4 nitrogen and oxygen atoms in total. The highest BCUT2D eigenvalue weighted by Gasteiger charge is 2.18. The fourth-order valence-corrected chi connectivity index (χ4v) is 3.22. The van der Waals surface area contributed by atoms with Gasteiger partial charge in [0.2, 0.25) is 0 Å². The average Bonchev–Trinajstić information content (AvgIpc) is 2.40. The first-order valence-corrected chi connectivity index (χ1v) is 7.55. The van der Waals surface area contributed by atoms with E-state index in [-0.39, 0.29) is 5.75 Å². The van der Waals surface area contributed by atoms with Crippen molar-refractivity contribution in [1.82, 2.24) is 4.98 Å². The Morgan fingerprint density at radius 1 is 1.16 bits per heavy atom. The maximum absolute atomic E-state index is 12.3. The highest BCUT2D eigenvalue weighted by Crippen LogP contribution is 2.22. The zero-order valence-electron chi connectivity index (χ0n) is 10.9. The Labute approximate surface area is 113 Å². The Morgan fingerprint density at radius 3 is 2.42 bits per heavy atom. The Hall–Kier alpha value is -1.88. The average molecular weight is 276 g/mol. The van der Waals surface area contributed by atoms with Gasteiger partial charge in [0.25, 0.3) is 0 Å². The second-order valence-electron chi connectivity index (χ2n) is 4.50. The quantitative estimate of drug-likeness (QED) is 0.933. The third-order valence-electron chi connectivity index (χ3n) is 3.10. The van der Waals surface area contributed by atoms with Gasteiger partial charge in [-0.3, -0.25) is 4.98 Å². The summed E-state index contributed by atoms with van der Waals surface area (Å²) in [6, 6.07) is 8.37. The molecule has 0 bridgehead atoms. The van der Waals surface area contributed by atoms with E-state index < -0.39 is 9.84 Å². The number of rotatable bonds is 3. The maximum atomic E-state index is 12.3. The molecule has 0 spiro atoms. The Balaban J connectivity index is 2.40. The van der Waals surface area contributed by atoms with Crippen molar-refractivity contribution in [2.45, 2.75) is 24.5 Å². The minimum Gasteiger partial charge on any atom is -0.398 e. The fourth-order valence-electron chi connectivity index (χ4n) is 1.83. The Morgan fingerprint density at radius 2 is 1.79 bits per heavy atom. The van der Waals surface area contributed by atoms with E-state index in [1.807, 2.05) is 6.92 Å². The monoisotopic (exact) mass is 276 g/mol. The lowest BCUT2D eigenvalue weighted by atomic mass is 10.1. The van der Waals surface area contributed by atoms with Crippen molar-refractivity contribution < 1.29 is 8.42 Å². The molecule has 0 saturated carbocycles. The molecule has 0 atom stereocenters. The van der Waals surface area contributed by atoms with E-state index >= 15 is 0 Å². The van der Waals surface area contributed by atoms with E-state index in [0.29, 0.717) is 16.3 Å². The summed E-state index contributed by atoms with van der Waals surface area (Å²) in [6.45, 7) is 3.65. The maximum Gasteiger partial charge on any atom is 0.184 e. The molecule has 0 radical (unpaired) electrons. The number of nitrogen functional groups attached to an aromatic ring is 1. The summed E-state index contributed by atoms with van der Waals surface area (Å²) in [4.78, 5) is 4.49. The first-order chi connectivity index (χ1) is 8.92. The molecule has 100 valence electrons. The minimum atomic E-state index is -3.38. The zero-order chi connectivity index (χ0) is 14.0. The van der Waals surface area contributed by atoms with E-state index in [4.69, 9.17) is 5.73 Å². The molecule has 1 aromatic carbocycles. The van der Waals surface area contributed by atoms with Crippen LogP contribution in [-0.4, -0.2) is 13.4 Å². The van der Waals surface area contributed by atoms with Crippen molar-refractivity contribution in [3.8, 4) is 0 Å².